The van der Waals surface area contributed by atoms with Gasteiger partial charge in [-0.05, 0) is 0 Å². The molecule has 31 heavy (non-hydrogen) atoms. The van der Waals surface area contributed by atoms with E-state index in [0.717, 1.165) is 0 Å². The molecule has 7 heteroatoms. The van der Waals surface area contributed by atoms with Crippen LogP contribution < -0.4 is 0 Å². The first-order valence-electron chi connectivity index (χ1n) is 11.7. The van der Waals surface area contributed by atoms with Gasteiger partial charge in [-0.2, -0.15) is 0 Å². The van der Waals surface area contributed by atoms with E-state index < -0.39 is 47.7 Å². The molecule has 0 unspecified atom stereocenters. The van der Waals surface area contributed by atoms with Crippen LogP contribution in [-0.4, -0.2) is 57.7 Å². The van der Waals surface area contributed by atoms with E-state index in [1.165, 1.54) is 11.4 Å². The third kappa shape index (κ3) is 4.69. The van der Waals surface area contributed by atoms with Crippen molar-refractivity contribution in [2.45, 2.75) is 85.6 Å². The average Bonchev–Trinajstić information content (AvgIpc) is 2.59. The Morgan fingerprint density at radius 3 is 1.00 bits per heavy atom. The standard InChI is InChI=1S/C24H46GeN2Si4/c1-28(2,3)23(29(4,5)6,21-17-13-15-19-26-21)25-24(30(7,8)9,31(10,11)12)22-18-14-16-20-27-22/h13-20H,25H2,1-12H3. The molecule has 2 nitrogen and oxygen atoms in total. The Kier molecular flexibility index (Phi) is 7.67. The van der Waals surface area contributed by atoms with Crippen molar-refractivity contribution in [3.63, 3.8) is 0 Å². The molecule has 0 N–H and O–H groups in total. The molecule has 0 amide bonds. The third-order valence-electron chi connectivity index (χ3n) is 7.86. The van der Waals surface area contributed by atoms with Crippen LogP contribution in [0.25, 0.3) is 0 Å². The molecule has 0 atom stereocenters. The fourth-order valence-corrected chi connectivity index (χ4v) is 56.3. The van der Waals surface area contributed by atoms with Crippen molar-refractivity contribution >= 4 is 47.7 Å². The van der Waals surface area contributed by atoms with E-state index in [2.05, 4.69) is 127 Å². The second-order valence-corrected chi connectivity index (χ2v) is 47.0. The molecule has 0 radical (unpaired) electrons. The topological polar surface area (TPSA) is 25.8 Å². The quantitative estimate of drug-likeness (QED) is 0.366. The van der Waals surface area contributed by atoms with Crippen LogP contribution in [0, 0.1) is 0 Å². The van der Waals surface area contributed by atoms with Crippen LogP contribution in [0.15, 0.2) is 48.8 Å². The molecule has 0 spiro atoms. The Morgan fingerprint density at radius 2 is 0.806 bits per heavy atom. The fourth-order valence-electron chi connectivity index (χ4n) is 6.66. The summed E-state index contributed by atoms with van der Waals surface area (Å²) >= 11 is -1.32. The van der Waals surface area contributed by atoms with Crippen LogP contribution >= 0.6 is 0 Å². The van der Waals surface area contributed by atoms with Crippen LogP contribution in [-0.2, 0) is 6.99 Å². The molecule has 0 saturated heterocycles. The zero-order valence-corrected chi connectivity index (χ0v) is 29.2. The van der Waals surface area contributed by atoms with E-state index in [9.17, 15) is 0 Å². The van der Waals surface area contributed by atoms with Crippen LogP contribution in [0.4, 0.5) is 0 Å². The van der Waals surface area contributed by atoms with Gasteiger partial charge in [0.25, 0.3) is 0 Å². The summed E-state index contributed by atoms with van der Waals surface area (Å²) in [5.74, 6) is 0. The zero-order chi connectivity index (χ0) is 23.9. The fraction of sp³-hybridized carbons (Fsp3) is 0.583. The van der Waals surface area contributed by atoms with Crippen molar-refractivity contribution in [1.82, 2.24) is 9.97 Å². The van der Waals surface area contributed by atoms with Gasteiger partial charge < -0.3 is 0 Å². The predicted octanol–water partition coefficient (Wildman–Crippen LogP) is 6.25. The number of hydrogen-bond acceptors (Lipinski definition) is 2. The third-order valence-corrected chi connectivity index (χ3v) is 62.2. The Hall–Kier alpha value is -0.290. The maximum absolute atomic E-state index is 5.15. The molecule has 2 rings (SSSR count). The van der Waals surface area contributed by atoms with Gasteiger partial charge in [-0.1, -0.05) is 0 Å². The van der Waals surface area contributed by atoms with Crippen LogP contribution in [0.5, 0.6) is 0 Å². The monoisotopic (exact) mass is 548 g/mol. The minimum atomic E-state index is -1.61. The average molecular weight is 548 g/mol. The number of hydrogen-bond donors (Lipinski definition) is 0. The summed E-state index contributed by atoms with van der Waals surface area (Å²) in [6.07, 6.45) is 4.11. The summed E-state index contributed by atoms with van der Waals surface area (Å²) in [4.78, 5) is 10.3. The van der Waals surface area contributed by atoms with E-state index >= 15 is 0 Å². The predicted molar refractivity (Wildman–Crippen MR) is 154 cm³/mol. The van der Waals surface area contributed by atoms with E-state index in [1.54, 1.807) is 0 Å². The van der Waals surface area contributed by atoms with Crippen LogP contribution in [0.2, 0.25) is 78.6 Å². The van der Waals surface area contributed by atoms with E-state index in [-0.39, 0.29) is 0 Å². The molecule has 0 bridgehead atoms. The van der Waals surface area contributed by atoms with Gasteiger partial charge in [0.2, 0.25) is 0 Å². The number of nitrogens with zero attached hydrogens (tertiary/aromatic N) is 2. The Bertz CT molecular complexity index is 759. The first-order chi connectivity index (χ1) is 13.9. The first-order valence-corrected chi connectivity index (χ1v) is 28.7. The molecule has 172 valence electrons. The van der Waals surface area contributed by atoms with Gasteiger partial charge in [0.1, 0.15) is 0 Å². The Labute approximate surface area is 202 Å². The summed E-state index contributed by atoms with van der Waals surface area (Å²) in [7, 11) is -6.46. The summed E-state index contributed by atoms with van der Waals surface area (Å²) in [6.45, 7) is 31.7. The number of aromatic nitrogens is 2. The molecule has 2 aromatic heterocycles. The van der Waals surface area contributed by atoms with E-state index in [0.29, 0.717) is 6.99 Å². The van der Waals surface area contributed by atoms with Crippen molar-refractivity contribution in [1.29, 1.82) is 0 Å². The molecular weight excluding hydrogens is 501 g/mol. The Balaban J connectivity index is 3.04. The summed E-state index contributed by atoms with van der Waals surface area (Å²) in [5, 5.41) is 0. The molecule has 2 aromatic rings. The molecule has 0 saturated carbocycles. The SMILES string of the molecule is C[Si](C)(C)[C]([GeH2][C](c1ccccn1)([Si](C)(C)C)[Si](C)(C)C)(c1ccccn1)[Si](C)(C)C. The summed E-state index contributed by atoms with van der Waals surface area (Å²) in [5.41, 5.74) is 2.87. The molecule has 0 aliphatic heterocycles. The molecule has 0 aliphatic carbocycles. The van der Waals surface area contributed by atoms with E-state index in [1.807, 2.05) is 0 Å². The molecule has 2 heterocycles. The summed E-state index contributed by atoms with van der Waals surface area (Å²) < 4.78 is 0.707. The number of rotatable bonds is 8. The molecule has 0 fully saturated rings. The van der Waals surface area contributed by atoms with Crippen LogP contribution in [0.1, 0.15) is 11.4 Å². The zero-order valence-electron chi connectivity index (χ0n) is 22.2. The van der Waals surface area contributed by atoms with Gasteiger partial charge in [0.15, 0.2) is 0 Å². The van der Waals surface area contributed by atoms with E-state index in [4.69, 9.17) is 9.97 Å². The second kappa shape index (κ2) is 8.81. The van der Waals surface area contributed by atoms with Gasteiger partial charge >= 0.3 is 203 Å². The molecule has 0 aliphatic rings. The van der Waals surface area contributed by atoms with Gasteiger partial charge in [0, 0.05) is 0 Å². The number of pyridine rings is 2. The van der Waals surface area contributed by atoms with Crippen molar-refractivity contribution in [3.8, 4) is 0 Å². The van der Waals surface area contributed by atoms with Gasteiger partial charge in [-0.25, -0.2) is 0 Å². The Morgan fingerprint density at radius 1 is 0.516 bits per heavy atom. The van der Waals surface area contributed by atoms with Crippen molar-refractivity contribution < 1.29 is 0 Å². The minimum absolute atomic E-state index is 0.354. The van der Waals surface area contributed by atoms with Crippen molar-refractivity contribution in [2.24, 2.45) is 0 Å². The molecular formula is C24H46GeN2Si4. The van der Waals surface area contributed by atoms with Crippen LogP contribution in [0.3, 0.4) is 0 Å². The van der Waals surface area contributed by atoms with Gasteiger partial charge in [-0.3, -0.25) is 0 Å². The summed E-state index contributed by atoms with van der Waals surface area (Å²) in [6, 6.07) is 13.5. The van der Waals surface area contributed by atoms with Gasteiger partial charge in [-0.15, -0.1) is 0 Å². The maximum atomic E-state index is 5.15. The van der Waals surface area contributed by atoms with Gasteiger partial charge in [0.05, 0.1) is 0 Å². The van der Waals surface area contributed by atoms with Crippen molar-refractivity contribution in [2.75, 3.05) is 0 Å². The van der Waals surface area contributed by atoms with Crippen molar-refractivity contribution in [3.05, 3.63) is 60.2 Å². The molecule has 0 aromatic carbocycles. The second-order valence-electron chi connectivity index (χ2n) is 13.4. The first kappa shape index (κ1) is 27.0. The normalized spacial score (nSPS) is 14.6.